The molecule has 2 atom stereocenters. The van der Waals surface area contributed by atoms with E-state index in [-0.39, 0.29) is 13.0 Å². The van der Waals surface area contributed by atoms with Gasteiger partial charge in [-0.05, 0) is 19.1 Å². The second-order valence-corrected chi connectivity index (χ2v) is 6.50. The van der Waals surface area contributed by atoms with Gasteiger partial charge in [0.2, 0.25) is 10.0 Å². The van der Waals surface area contributed by atoms with E-state index in [9.17, 15) is 22.3 Å². The molecule has 2 N–H and O–H groups in total. The molecule has 0 spiro atoms. The molecule has 0 aliphatic carbocycles. The predicted octanol–water partition coefficient (Wildman–Crippen LogP) is 0.783. The highest BCUT2D eigenvalue weighted by molar-refractivity contribution is 7.89. The fourth-order valence-corrected chi connectivity index (χ4v) is 3.15. The average molecular weight is 307 g/mol. The number of rotatable bonds is 4. The largest absolute Gasteiger partial charge is 0.386 e. The molecule has 5 nitrogen and oxygen atoms in total. The molecule has 1 aromatic carbocycles. The van der Waals surface area contributed by atoms with Crippen molar-refractivity contribution in [3.63, 3.8) is 0 Å². The summed E-state index contributed by atoms with van der Waals surface area (Å²) >= 11 is 0. The normalized spacial score (nSPS) is 26.9. The highest BCUT2D eigenvalue weighted by atomic mass is 32.2. The summed E-state index contributed by atoms with van der Waals surface area (Å²) < 4.78 is 57.4. The topological polar surface area (TPSA) is 75.6 Å². The van der Waals surface area contributed by atoms with E-state index >= 15 is 0 Å². The van der Waals surface area contributed by atoms with Crippen molar-refractivity contribution in [1.29, 1.82) is 0 Å². The maximum Gasteiger partial charge on any atom is 0.243 e. The third-order valence-corrected chi connectivity index (χ3v) is 4.85. The number of benzene rings is 1. The Bertz CT molecular complexity index is 607. The first-order chi connectivity index (χ1) is 9.24. The van der Waals surface area contributed by atoms with Gasteiger partial charge in [-0.25, -0.2) is 21.9 Å². The third kappa shape index (κ3) is 2.98. The zero-order valence-corrected chi connectivity index (χ0v) is 11.6. The third-order valence-electron chi connectivity index (χ3n) is 3.41. The second-order valence-electron chi connectivity index (χ2n) is 4.77. The van der Waals surface area contributed by atoms with Crippen LogP contribution in [0.3, 0.4) is 0 Å². The Morgan fingerprint density at radius 3 is 2.75 bits per heavy atom. The van der Waals surface area contributed by atoms with E-state index in [2.05, 4.69) is 4.72 Å². The Labute approximate surface area is 115 Å². The summed E-state index contributed by atoms with van der Waals surface area (Å²) in [6, 6.07) is 2.18. The van der Waals surface area contributed by atoms with Crippen molar-refractivity contribution in [3.8, 4) is 0 Å². The van der Waals surface area contributed by atoms with Crippen LogP contribution in [0.2, 0.25) is 0 Å². The van der Waals surface area contributed by atoms with Crippen molar-refractivity contribution < 1.29 is 27.0 Å². The molecule has 2 rings (SSSR count). The van der Waals surface area contributed by atoms with E-state index in [0.717, 1.165) is 12.1 Å². The van der Waals surface area contributed by atoms with E-state index in [1.807, 2.05) is 0 Å². The standard InChI is InChI=1S/C12H15F2NO4S/c1-8-12(16,4-5-19-8)7-15-20(17,18)11-3-2-9(13)6-10(11)14/h2-3,6,8,15-16H,4-5,7H2,1H3. The molecular formula is C12H15F2NO4S. The number of hydrogen-bond acceptors (Lipinski definition) is 4. The lowest BCUT2D eigenvalue weighted by Crippen LogP contribution is -2.47. The number of halogens is 2. The highest BCUT2D eigenvalue weighted by Crippen LogP contribution is 2.25. The fourth-order valence-electron chi connectivity index (χ4n) is 1.99. The lowest BCUT2D eigenvalue weighted by molar-refractivity contribution is -0.0228. The van der Waals surface area contributed by atoms with Crippen molar-refractivity contribution in [2.24, 2.45) is 0 Å². The smallest absolute Gasteiger partial charge is 0.243 e. The first-order valence-corrected chi connectivity index (χ1v) is 7.52. The van der Waals surface area contributed by atoms with Crippen molar-refractivity contribution in [2.45, 2.75) is 29.9 Å². The number of nitrogens with one attached hydrogen (secondary N) is 1. The molecule has 1 saturated heterocycles. The maximum absolute atomic E-state index is 13.5. The van der Waals surface area contributed by atoms with Gasteiger partial charge in [0.1, 0.15) is 22.1 Å². The molecule has 0 saturated carbocycles. The van der Waals surface area contributed by atoms with Crippen molar-refractivity contribution >= 4 is 10.0 Å². The Morgan fingerprint density at radius 1 is 1.50 bits per heavy atom. The average Bonchev–Trinajstić information content (AvgIpc) is 2.68. The molecule has 0 aromatic heterocycles. The predicted molar refractivity (Wildman–Crippen MR) is 66.5 cm³/mol. The van der Waals surface area contributed by atoms with Crippen LogP contribution < -0.4 is 4.72 Å². The summed E-state index contributed by atoms with van der Waals surface area (Å²) in [4.78, 5) is -0.658. The molecule has 2 unspecified atom stereocenters. The summed E-state index contributed by atoms with van der Waals surface area (Å²) in [5.74, 6) is -2.04. The van der Waals surface area contributed by atoms with Crippen molar-refractivity contribution in [1.82, 2.24) is 4.72 Å². The highest BCUT2D eigenvalue weighted by Gasteiger charge is 2.40. The lowest BCUT2D eigenvalue weighted by atomic mass is 9.97. The summed E-state index contributed by atoms with van der Waals surface area (Å²) in [6.07, 6.45) is -0.244. The number of aliphatic hydroxyl groups is 1. The van der Waals surface area contributed by atoms with Gasteiger partial charge >= 0.3 is 0 Å². The van der Waals surface area contributed by atoms with Gasteiger partial charge in [-0.1, -0.05) is 0 Å². The molecule has 112 valence electrons. The molecule has 1 fully saturated rings. The van der Waals surface area contributed by atoms with Gasteiger partial charge in [-0.15, -0.1) is 0 Å². The molecule has 0 bridgehead atoms. The van der Waals surface area contributed by atoms with Gasteiger partial charge < -0.3 is 9.84 Å². The minimum Gasteiger partial charge on any atom is -0.386 e. The lowest BCUT2D eigenvalue weighted by Gasteiger charge is -2.26. The monoisotopic (exact) mass is 307 g/mol. The first-order valence-electron chi connectivity index (χ1n) is 6.03. The minimum atomic E-state index is -4.16. The molecule has 0 radical (unpaired) electrons. The van der Waals surface area contributed by atoms with Gasteiger partial charge in [0, 0.05) is 25.6 Å². The molecule has 1 heterocycles. The molecule has 1 aliphatic heterocycles. The van der Waals surface area contributed by atoms with Gasteiger partial charge in [0.25, 0.3) is 0 Å². The molecule has 1 aromatic rings. The van der Waals surface area contributed by atoms with Crippen LogP contribution in [0.4, 0.5) is 8.78 Å². The van der Waals surface area contributed by atoms with Crippen LogP contribution in [0, 0.1) is 11.6 Å². The zero-order chi connectivity index (χ0) is 15.0. The van der Waals surface area contributed by atoms with E-state index in [1.54, 1.807) is 6.92 Å². The van der Waals surface area contributed by atoms with E-state index in [4.69, 9.17) is 4.74 Å². The second kappa shape index (κ2) is 5.36. The van der Waals surface area contributed by atoms with E-state index < -0.39 is 38.3 Å². The molecule has 0 amide bonds. The van der Waals surface area contributed by atoms with Crippen LogP contribution in [0.25, 0.3) is 0 Å². The zero-order valence-electron chi connectivity index (χ0n) is 10.8. The molecule has 8 heteroatoms. The van der Waals surface area contributed by atoms with E-state index in [0.29, 0.717) is 12.7 Å². The van der Waals surface area contributed by atoms with Gasteiger partial charge in [0.05, 0.1) is 6.10 Å². The SMILES string of the molecule is CC1OCCC1(O)CNS(=O)(=O)c1ccc(F)cc1F. The summed E-state index contributed by atoms with van der Waals surface area (Å²) in [5, 5.41) is 10.2. The van der Waals surface area contributed by atoms with Crippen LogP contribution in [-0.4, -0.2) is 38.4 Å². The summed E-state index contributed by atoms with van der Waals surface area (Å²) in [5.41, 5.74) is -1.33. The van der Waals surface area contributed by atoms with Crippen LogP contribution in [0.15, 0.2) is 23.1 Å². The fraction of sp³-hybridized carbons (Fsp3) is 0.500. The van der Waals surface area contributed by atoms with Crippen LogP contribution in [0.1, 0.15) is 13.3 Å². The van der Waals surface area contributed by atoms with Crippen LogP contribution in [0.5, 0.6) is 0 Å². The van der Waals surface area contributed by atoms with Crippen LogP contribution in [-0.2, 0) is 14.8 Å². The number of sulfonamides is 1. The minimum absolute atomic E-state index is 0.280. The maximum atomic E-state index is 13.5. The molecule has 1 aliphatic rings. The van der Waals surface area contributed by atoms with Gasteiger partial charge in [-0.2, -0.15) is 0 Å². The number of hydrogen-bond donors (Lipinski definition) is 2. The Kier molecular flexibility index (Phi) is 4.10. The summed E-state index contributed by atoms with van der Waals surface area (Å²) in [7, 11) is -4.16. The number of ether oxygens (including phenoxy) is 1. The van der Waals surface area contributed by atoms with Gasteiger partial charge in [-0.3, -0.25) is 0 Å². The van der Waals surface area contributed by atoms with Crippen molar-refractivity contribution in [2.75, 3.05) is 13.2 Å². The Hall–Kier alpha value is -1.09. The molecule has 20 heavy (non-hydrogen) atoms. The summed E-state index contributed by atoms with van der Waals surface area (Å²) in [6.45, 7) is 1.65. The Morgan fingerprint density at radius 2 is 2.20 bits per heavy atom. The van der Waals surface area contributed by atoms with Crippen molar-refractivity contribution in [3.05, 3.63) is 29.8 Å². The molecular weight excluding hydrogens is 292 g/mol. The first kappa shape index (κ1) is 15.3. The quantitative estimate of drug-likeness (QED) is 0.862. The van der Waals surface area contributed by atoms with Crippen LogP contribution >= 0.6 is 0 Å². The van der Waals surface area contributed by atoms with E-state index in [1.165, 1.54) is 0 Å². The van der Waals surface area contributed by atoms with Gasteiger partial charge in [0.15, 0.2) is 0 Å². The Balaban J connectivity index is 2.15.